The van der Waals surface area contributed by atoms with Crippen LogP contribution in [0.25, 0.3) is 0 Å². The molecule has 186 valence electrons. The van der Waals surface area contributed by atoms with Crippen molar-refractivity contribution in [3.05, 3.63) is 71.4 Å². The van der Waals surface area contributed by atoms with E-state index in [-0.39, 0.29) is 36.5 Å². The molecule has 3 aromatic rings. The van der Waals surface area contributed by atoms with Crippen LogP contribution in [0.1, 0.15) is 33.2 Å². The number of aromatic nitrogens is 2. The fraction of sp³-hybridized carbons (Fsp3) is 0.280. The van der Waals surface area contributed by atoms with Crippen molar-refractivity contribution < 1.29 is 24.2 Å². The molecule has 10 nitrogen and oxygen atoms in total. The van der Waals surface area contributed by atoms with Crippen LogP contribution in [0.2, 0.25) is 0 Å². The van der Waals surface area contributed by atoms with Gasteiger partial charge in [0.15, 0.2) is 0 Å². The molecule has 0 unspecified atom stereocenters. The van der Waals surface area contributed by atoms with Crippen molar-refractivity contribution in [2.45, 2.75) is 13.3 Å². The summed E-state index contributed by atoms with van der Waals surface area (Å²) >= 11 is 0. The fourth-order valence-corrected chi connectivity index (χ4v) is 2.91. The van der Waals surface area contributed by atoms with Crippen molar-refractivity contribution in [2.75, 3.05) is 45.5 Å². The predicted molar refractivity (Wildman–Crippen MR) is 134 cm³/mol. The van der Waals surface area contributed by atoms with E-state index in [2.05, 4.69) is 15.3 Å². The summed E-state index contributed by atoms with van der Waals surface area (Å²) in [6, 6.07) is 14.9. The number of carbonyl (C=O) groups excluding carboxylic acids is 2. The maximum absolute atomic E-state index is 12.1. The number of nitrogens with two attached hydrogens (primary N) is 1. The number of anilines is 3. The minimum absolute atomic E-state index is 0.00678. The van der Waals surface area contributed by atoms with E-state index in [0.717, 1.165) is 6.42 Å². The Balaban J connectivity index is 0.000000402. The Morgan fingerprint density at radius 2 is 1.83 bits per heavy atom. The first-order valence-electron chi connectivity index (χ1n) is 10.9. The number of hydrogen-bond donors (Lipinski definition) is 3. The molecule has 0 bridgehead atoms. The first kappa shape index (κ1) is 27.1. The topological polar surface area (TPSA) is 140 Å². The lowest BCUT2D eigenvalue weighted by Crippen LogP contribution is -2.22. The Kier molecular flexibility index (Phi) is 10.4. The summed E-state index contributed by atoms with van der Waals surface area (Å²) < 4.78 is 10.2. The van der Waals surface area contributed by atoms with E-state index in [9.17, 15) is 9.59 Å². The molecule has 0 saturated carbocycles. The second kappa shape index (κ2) is 13.5. The molecule has 0 saturated heterocycles. The third-order valence-corrected chi connectivity index (χ3v) is 4.65. The minimum atomic E-state index is -0.579. The molecule has 35 heavy (non-hydrogen) atoms. The van der Waals surface area contributed by atoms with Gasteiger partial charge in [0, 0.05) is 38.7 Å². The van der Waals surface area contributed by atoms with E-state index in [1.807, 2.05) is 30.3 Å². The zero-order valence-electron chi connectivity index (χ0n) is 20.3. The van der Waals surface area contributed by atoms with Crippen molar-refractivity contribution in [3.8, 4) is 5.75 Å². The number of aliphatic hydroxyl groups excluding tert-OH is 1. The second-order valence-corrected chi connectivity index (χ2v) is 7.41. The summed E-state index contributed by atoms with van der Waals surface area (Å²) in [6.07, 6.45) is 2.06. The molecule has 1 amide bonds. The maximum atomic E-state index is 12.1. The number of esters is 1. The Labute approximate surface area is 204 Å². The number of nitrogens with one attached hydrogen (secondary N) is 1. The summed E-state index contributed by atoms with van der Waals surface area (Å²) in [6.45, 7) is 2.17. The average Bonchev–Trinajstić information content (AvgIpc) is 2.85. The monoisotopic (exact) mass is 481 g/mol. The van der Waals surface area contributed by atoms with Gasteiger partial charge in [-0.3, -0.25) is 4.79 Å². The molecule has 0 spiro atoms. The lowest BCUT2D eigenvalue weighted by Gasteiger charge is -2.15. The predicted octanol–water partition coefficient (Wildman–Crippen LogP) is 2.91. The SMILES string of the molecule is CCOC(=O)c1cnc(Nc2ccc(C(=O)N(C)C)c(OC)c2)nc1N.OCCc1ccccc1. The molecule has 1 heterocycles. The highest BCUT2D eigenvalue weighted by Crippen LogP contribution is 2.26. The Bertz CT molecular complexity index is 1120. The largest absolute Gasteiger partial charge is 0.496 e. The van der Waals surface area contributed by atoms with Crippen LogP contribution in [-0.4, -0.2) is 66.3 Å². The summed E-state index contributed by atoms with van der Waals surface area (Å²) in [4.78, 5) is 33.4. The van der Waals surface area contributed by atoms with Gasteiger partial charge in [-0.15, -0.1) is 0 Å². The lowest BCUT2D eigenvalue weighted by molar-refractivity contribution is 0.0526. The highest BCUT2D eigenvalue weighted by molar-refractivity contribution is 5.97. The van der Waals surface area contributed by atoms with Crippen molar-refractivity contribution in [1.82, 2.24) is 14.9 Å². The van der Waals surface area contributed by atoms with E-state index in [1.54, 1.807) is 39.2 Å². The molecular weight excluding hydrogens is 450 g/mol. The molecule has 0 radical (unpaired) electrons. The first-order chi connectivity index (χ1) is 16.8. The van der Waals surface area contributed by atoms with Gasteiger partial charge in [0.25, 0.3) is 5.91 Å². The third-order valence-electron chi connectivity index (χ3n) is 4.65. The molecule has 2 aromatic carbocycles. The van der Waals surface area contributed by atoms with Crippen LogP contribution in [0.5, 0.6) is 5.75 Å². The number of methoxy groups -OCH3 is 1. The van der Waals surface area contributed by atoms with Gasteiger partial charge in [-0.1, -0.05) is 30.3 Å². The smallest absolute Gasteiger partial charge is 0.343 e. The molecular formula is C25H31N5O5. The van der Waals surface area contributed by atoms with Crippen molar-refractivity contribution in [3.63, 3.8) is 0 Å². The molecule has 10 heteroatoms. The number of nitrogen functional groups attached to an aromatic ring is 1. The van der Waals surface area contributed by atoms with Crippen LogP contribution >= 0.6 is 0 Å². The first-order valence-corrected chi connectivity index (χ1v) is 10.9. The van der Waals surface area contributed by atoms with Crippen molar-refractivity contribution >= 4 is 29.3 Å². The number of hydrogen-bond acceptors (Lipinski definition) is 9. The van der Waals surface area contributed by atoms with Gasteiger partial charge < -0.3 is 30.5 Å². The molecule has 0 atom stereocenters. The normalized spacial score (nSPS) is 9.97. The Morgan fingerprint density at radius 1 is 1.11 bits per heavy atom. The van der Waals surface area contributed by atoms with E-state index < -0.39 is 5.97 Å². The van der Waals surface area contributed by atoms with E-state index in [1.165, 1.54) is 23.8 Å². The zero-order chi connectivity index (χ0) is 25.8. The van der Waals surface area contributed by atoms with Crippen molar-refractivity contribution in [2.24, 2.45) is 0 Å². The molecule has 3 rings (SSSR count). The highest BCUT2D eigenvalue weighted by atomic mass is 16.5. The van der Waals surface area contributed by atoms with Crippen LogP contribution < -0.4 is 15.8 Å². The van der Waals surface area contributed by atoms with Gasteiger partial charge in [-0.25, -0.2) is 9.78 Å². The highest BCUT2D eigenvalue weighted by Gasteiger charge is 2.16. The van der Waals surface area contributed by atoms with Gasteiger partial charge >= 0.3 is 5.97 Å². The van der Waals surface area contributed by atoms with E-state index >= 15 is 0 Å². The van der Waals surface area contributed by atoms with E-state index in [4.69, 9.17) is 20.3 Å². The molecule has 0 fully saturated rings. The molecule has 0 aliphatic rings. The summed E-state index contributed by atoms with van der Waals surface area (Å²) in [7, 11) is 4.81. The van der Waals surface area contributed by atoms with Gasteiger partial charge in [0.1, 0.15) is 17.1 Å². The maximum Gasteiger partial charge on any atom is 0.343 e. The lowest BCUT2D eigenvalue weighted by atomic mass is 10.1. The number of carbonyl (C=O) groups is 2. The second-order valence-electron chi connectivity index (χ2n) is 7.41. The van der Waals surface area contributed by atoms with E-state index in [0.29, 0.717) is 17.0 Å². The number of ether oxygens (including phenoxy) is 2. The molecule has 0 aliphatic carbocycles. The van der Waals surface area contributed by atoms with Crippen molar-refractivity contribution in [1.29, 1.82) is 0 Å². The number of aliphatic hydroxyl groups is 1. The number of rotatable bonds is 8. The Morgan fingerprint density at radius 3 is 2.40 bits per heavy atom. The van der Waals surface area contributed by atoms with Gasteiger partial charge in [-0.05, 0) is 31.0 Å². The quantitative estimate of drug-likeness (QED) is 0.414. The molecule has 0 aliphatic heterocycles. The molecule has 4 N–H and O–H groups in total. The van der Waals surface area contributed by atoms with Crippen LogP contribution in [-0.2, 0) is 11.2 Å². The van der Waals surface area contributed by atoms with Crippen LogP contribution in [0.4, 0.5) is 17.5 Å². The van der Waals surface area contributed by atoms with Crippen LogP contribution in [0.3, 0.4) is 0 Å². The average molecular weight is 482 g/mol. The zero-order valence-corrected chi connectivity index (χ0v) is 20.3. The molecule has 1 aromatic heterocycles. The standard InChI is InChI=1S/C17H21N5O4.C8H10O/c1-5-26-16(24)12-9-19-17(21-14(12)18)20-10-6-7-11(13(8-10)25-4)15(23)22(2)3;9-7-6-8-4-2-1-3-5-8/h6-9H,5H2,1-4H3,(H3,18,19,20,21);1-5,9H,6-7H2. The minimum Gasteiger partial charge on any atom is -0.496 e. The van der Waals surface area contributed by atoms with Gasteiger partial charge in [-0.2, -0.15) is 4.98 Å². The van der Waals surface area contributed by atoms with Crippen LogP contribution in [0, 0.1) is 0 Å². The third kappa shape index (κ3) is 7.97. The summed E-state index contributed by atoms with van der Waals surface area (Å²) in [5.74, 6) is -0.140. The fourth-order valence-electron chi connectivity index (χ4n) is 2.91. The number of amides is 1. The number of nitrogens with zero attached hydrogens (tertiary/aromatic N) is 3. The summed E-state index contributed by atoms with van der Waals surface area (Å²) in [5, 5.41) is 11.5. The van der Waals surface area contributed by atoms with Gasteiger partial charge in [0.2, 0.25) is 5.95 Å². The summed E-state index contributed by atoms with van der Waals surface area (Å²) in [5.41, 5.74) is 8.12. The Hall–Kier alpha value is -4.18. The van der Waals surface area contributed by atoms with Crippen LogP contribution in [0.15, 0.2) is 54.7 Å². The van der Waals surface area contributed by atoms with Gasteiger partial charge in [0.05, 0.1) is 19.3 Å². The number of benzene rings is 2.